The van der Waals surface area contributed by atoms with E-state index in [-0.39, 0.29) is 19.1 Å². The summed E-state index contributed by atoms with van der Waals surface area (Å²) in [6, 6.07) is 1.61. The lowest BCUT2D eigenvalue weighted by molar-refractivity contribution is -0.151. The SMILES string of the molecule is CC1c2c(F)cc(F)cc2CCN1C(=O)[C@H]1CN(C(=O)OC(C)(C)C)CCO1. The molecule has 3 rings (SSSR count). The van der Waals surface area contributed by atoms with Crippen LogP contribution >= 0.6 is 0 Å². The molecule has 2 atom stereocenters. The predicted octanol–water partition coefficient (Wildman–Crippen LogP) is 3.05. The van der Waals surface area contributed by atoms with Crippen molar-refractivity contribution in [2.75, 3.05) is 26.2 Å². The fourth-order valence-electron chi connectivity index (χ4n) is 3.68. The number of nitrogens with zero attached hydrogens (tertiary/aromatic N) is 2. The summed E-state index contributed by atoms with van der Waals surface area (Å²) >= 11 is 0. The zero-order valence-corrected chi connectivity index (χ0v) is 16.6. The van der Waals surface area contributed by atoms with E-state index < -0.39 is 35.5 Å². The Balaban J connectivity index is 1.72. The first-order chi connectivity index (χ1) is 13.1. The maximum absolute atomic E-state index is 14.3. The Morgan fingerprint density at radius 2 is 1.93 bits per heavy atom. The quantitative estimate of drug-likeness (QED) is 0.732. The molecule has 0 aliphatic carbocycles. The Bertz CT molecular complexity index is 778. The van der Waals surface area contributed by atoms with E-state index in [1.165, 1.54) is 15.9 Å². The van der Waals surface area contributed by atoms with Gasteiger partial charge in [-0.2, -0.15) is 0 Å². The molecule has 0 bridgehead atoms. The monoisotopic (exact) mass is 396 g/mol. The van der Waals surface area contributed by atoms with Crippen molar-refractivity contribution in [3.05, 3.63) is 34.9 Å². The highest BCUT2D eigenvalue weighted by molar-refractivity contribution is 5.83. The van der Waals surface area contributed by atoms with E-state index in [0.29, 0.717) is 30.6 Å². The molecule has 2 amide bonds. The smallest absolute Gasteiger partial charge is 0.410 e. The van der Waals surface area contributed by atoms with Crippen LogP contribution in [-0.2, 0) is 20.7 Å². The van der Waals surface area contributed by atoms with Crippen LogP contribution < -0.4 is 0 Å². The molecule has 1 aromatic carbocycles. The van der Waals surface area contributed by atoms with Gasteiger partial charge in [-0.05, 0) is 45.7 Å². The van der Waals surface area contributed by atoms with Crippen LogP contribution in [0.3, 0.4) is 0 Å². The summed E-state index contributed by atoms with van der Waals surface area (Å²) in [5.74, 6) is -1.58. The highest BCUT2D eigenvalue weighted by Gasteiger charge is 2.38. The van der Waals surface area contributed by atoms with Gasteiger partial charge < -0.3 is 19.3 Å². The second-order valence-corrected chi connectivity index (χ2v) is 8.20. The average Bonchev–Trinajstić information content (AvgIpc) is 2.59. The molecular weight excluding hydrogens is 370 g/mol. The van der Waals surface area contributed by atoms with Gasteiger partial charge in [0, 0.05) is 24.7 Å². The number of benzene rings is 1. The maximum Gasteiger partial charge on any atom is 0.410 e. The third kappa shape index (κ3) is 4.27. The third-order valence-electron chi connectivity index (χ3n) is 4.96. The predicted molar refractivity (Wildman–Crippen MR) is 97.7 cm³/mol. The van der Waals surface area contributed by atoms with Crippen molar-refractivity contribution in [2.45, 2.75) is 51.9 Å². The molecule has 2 aliphatic rings. The van der Waals surface area contributed by atoms with Crippen LogP contribution in [0.1, 0.15) is 44.9 Å². The molecule has 1 aromatic rings. The van der Waals surface area contributed by atoms with Crippen LogP contribution in [0.15, 0.2) is 12.1 Å². The Morgan fingerprint density at radius 3 is 2.61 bits per heavy atom. The molecule has 1 unspecified atom stereocenters. The standard InChI is InChI=1S/C20H26F2N2O4/c1-12-17-13(9-14(21)10-15(17)22)5-6-24(12)18(25)16-11-23(7-8-27-16)19(26)28-20(2,3)4/h9-10,12,16H,5-8,11H2,1-4H3/t12?,16-/m1/s1. The second kappa shape index (κ2) is 7.66. The summed E-state index contributed by atoms with van der Waals surface area (Å²) < 4.78 is 38.7. The molecule has 2 heterocycles. The lowest BCUT2D eigenvalue weighted by Crippen LogP contribution is -2.54. The Hall–Kier alpha value is -2.22. The fourth-order valence-corrected chi connectivity index (χ4v) is 3.68. The molecule has 1 fully saturated rings. The van der Waals surface area contributed by atoms with E-state index in [4.69, 9.17) is 9.47 Å². The summed E-state index contributed by atoms with van der Waals surface area (Å²) in [5.41, 5.74) is 0.280. The number of hydrogen-bond acceptors (Lipinski definition) is 4. The topological polar surface area (TPSA) is 59.1 Å². The first-order valence-electron chi connectivity index (χ1n) is 9.44. The van der Waals surface area contributed by atoms with Crippen LogP contribution in [0.25, 0.3) is 0 Å². The van der Waals surface area contributed by atoms with E-state index in [9.17, 15) is 18.4 Å². The summed E-state index contributed by atoms with van der Waals surface area (Å²) in [7, 11) is 0. The van der Waals surface area contributed by atoms with Gasteiger partial charge in [-0.1, -0.05) is 0 Å². The first-order valence-corrected chi connectivity index (χ1v) is 9.44. The lowest BCUT2D eigenvalue weighted by atomic mass is 9.92. The molecule has 28 heavy (non-hydrogen) atoms. The third-order valence-corrected chi connectivity index (χ3v) is 4.96. The Morgan fingerprint density at radius 1 is 1.21 bits per heavy atom. The number of ether oxygens (including phenoxy) is 2. The molecule has 154 valence electrons. The molecule has 0 radical (unpaired) electrons. The second-order valence-electron chi connectivity index (χ2n) is 8.20. The van der Waals surface area contributed by atoms with Gasteiger partial charge >= 0.3 is 6.09 Å². The summed E-state index contributed by atoms with van der Waals surface area (Å²) in [4.78, 5) is 28.3. The van der Waals surface area contributed by atoms with Gasteiger partial charge in [0.25, 0.3) is 5.91 Å². The van der Waals surface area contributed by atoms with Gasteiger partial charge in [-0.25, -0.2) is 13.6 Å². The van der Waals surface area contributed by atoms with Gasteiger partial charge in [-0.15, -0.1) is 0 Å². The average molecular weight is 396 g/mol. The van der Waals surface area contributed by atoms with Crippen LogP contribution in [0, 0.1) is 11.6 Å². The maximum atomic E-state index is 14.3. The molecule has 6 nitrogen and oxygen atoms in total. The number of halogens is 2. The number of carbonyl (C=O) groups excluding carboxylic acids is 2. The van der Waals surface area contributed by atoms with Crippen LogP contribution in [0.4, 0.5) is 13.6 Å². The Kier molecular flexibility index (Phi) is 5.61. The van der Waals surface area contributed by atoms with Crippen molar-refractivity contribution in [3.8, 4) is 0 Å². The minimum Gasteiger partial charge on any atom is -0.444 e. The highest BCUT2D eigenvalue weighted by atomic mass is 19.1. The van der Waals surface area contributed by atoms with Crippen LogP contribution in [-0.4, -0.2) is 59.7 Å². The fraction of sp³-hybridized carbons (Fsp3) is 0.600. The summed E-state index contributed by atoms with van der Waals surface area (Å²) in [5, 5.41) is 0. The summed E-state index contributed by atoms with van der Waals surface area (Å²) in [6.07, 6.45) is -0.969. The number of morpholine rings is 1. The molecule has 8 heteroatoms. The van der Waals surface area contributed by atoms with Crippen LogP contribution in [0.5, 0.6) is 0 Å². The van der Waals surface area contributed by atoms with Gasteiger partial charge in [0.1, 0.15) is 17.2 Å². The highest BCUT2D eigenvalue weighted by Crippen LogP contribution is 2.33. The minimum absolute atomic E-state index is 0.0791. The van der Waals surface area contributed by atoms with Gasteiger partial charge in [0.05, 0.1) is 19.2 Å². The van der Waals surface area contributed by atoms with E-state index in [2.05, 4.69) is 0 Å². The van der Waals surface area contributed by atoms with E-state index in [1.807, 2.05) is 0 Å². The molecule has 1 saturated heterocycles. The lowest BCUT2D eigenvalue weighted by Gasteiger charge is -2.40. The number of carbonyl (C=O) groups is 2. The molecule has 0 saturated carbocycles. The number of rotatable bonds is 1. The summed E-state index contributed by atoms with van der Waals surface area (Å²) in [6.45, 7) is 8.01. The van der Waals surface area contributed by atoms with Crippen molar-refractivity contribution in [3.63, 3.8) is 0 Å². The Labute approximate surface area is 163 Å². The molecular formula is C20H26F2N2O4. The molecule has 0 spiro atoms. The van der Waals surface area contributed by atoms with Crippen molar-refractivity contribution < 1.29 is 27.8 Å². The zero-order valence-electron chi connectivity index (χ0n) is 16.6. The van der Waals surface area contributed by atoms with Crippen molar-refractivity contribution in [2.24, 2.45) is 0 Å². The zero-order chi connectivity index (χ0) is 20.6. The minimum atomic E-state index is -0.839. The molecule has 0 N–H and O–H groups in total. The largest absolute Gasteiger partial charge is 0.444 e. The van der Waals surface area contributed by atoms with Gasteiger partial charge in [0.15, 0.2) is 6.10 Å². The molecule has 2 aliphatic heterocycles. The van der Waals surface area contributed by atoms with E-state index in [0.717, 1.165) is 6.07 Å². The van der Waals surface area contributed by atoms with Crippen molar-refractivity contribution >= 4 is 12.0 Å². The molecule has 0 aromatic heterocycles. The number of fused-ring (bicyclic) bond motifs is 1. The van der Waals surface area contributed by atoms with Crippen molar-refractivity contribution in [1.82, 2.24) is 9.80 Å². The van der Waals surface area contributed by atoms with Crippen molar-refractivity contribution in [1.29, 1.82) is 0 Å². The normalized spacial score (nSPS) is 22.6. The van der Waals surface area contributed by atoms with E-state index in [1.54, 1.807) is 27.7 Å². The van der Waals surface area contributed by atoms with Crippen LogP contribution in [0.2, 0.25) is 0 Å². The van der Waals surface area contributed by atoms with Gasteiger partial charge in [-0.3, -0.25) is 4.79 Å². The van der Waals surface area contributed by atoms with E-state index >= 15 is 0 Å². The van der Waals surface area contributed by atoms with Gasteiger partial charge in [0.2, 0.25) is 0 Å². The first kappa shape index (κ1) is 20.5. The number of hydrogen-bond donors (Lipinski definition) is 0. The number of amides is 2.